The molecule has 2 rings (SSSR count). The summed E-state index contributed by atoms with van der Waals surface area (Å²) in [4.78, 5) is 17.9. The van der Waals surface area contributed by atoms with Gasteiger partial charge in [0.1, 0.15) is 6.33 Å². The first-order chi connectivity index (χ1) is 8.15. The minimum atomic E-state index is -0.593. The molecule has 2 aromatic rings. The number of nitro groups is 1. The molecule has 0 spiro atoms. The Morgan fingerprint density at radius 3 is 2.94 bits per heavy atom. The van der Waals surface area contributed by atoms with Gasteiger partial charge in [0.05, 0.1) is 10.6 Å². The van der Waals surface area contributed by atoms with E-state index in [9.17, 15) is 10.1 Å². The van der Waals surface area contributed by atoms with Gasteiger partial charge >= 0.3 is 5.69 Å². The SMILES string of the molecule is CCn1nccc1-c1ncnc(Cl)c1[N+](=O)[O-]. The van der Waals surface area contributed by atoms with Crippen molar-refractivity contribution in [2.45, 2.75) is 13.5 Å². The molecule has 0 saturated heterocycles. The molecular weight excluding hydrogens is 246 g/mol. The Bertz CT molecular complexity index is 568. The molecule has 0 aliphatic carbocycles. The van der Waals surface area contributed by atoms with Crippen LogP contribution in [-0.2, 0) is 6.54 Å². The predicted octanol–water partition coefficient (Wildman–Crippen LogP) is 1.92. The van der Waals surface area contributed by atoms with Crippen LogP contribution in [0.1, 0.15) is 6.92 Å². The highest BCUT2D eigenvalue weighted by Crippen LogP contribution is 2.31. The van der Waals surface area contributed by atoms with Crippen molar-refractivity contribution in [2.75, 3.05) is 0 Å². The number of aryl methyl sites for hydroxylation is 1. The fourth-order valence-corrected chi connectivity index (χ4v) is 1.69. The second-order valence-electron chi connectivity index (χ2n) is 3.15. The minimum absolute atomic E-state index is 0.175. The molecule has 8 heteroatoms. The van der Waals surface area contributed by atoms with Gasteiger partial charge in [-0.15, -0.1) is 0 Å². The third-order valence-electron chi connectivity index (χ3n) is 2.22. The van der Waals surface area contributed by atoms with E-state index in [1.54, 1.807) is 16.9 Å². The summed E-state index contributed by atoms with van der Waals surface area (Å²) in [6.07, 6.45) is 2.75. The lowest BCUT2D eigenvalue weighted by Gasteiger charge is -2.04. The molecule has 0 bridgehead atoms. The van der Waals surface area contributed by atoms with E-state index >= 15 is 0 Å². The van der Waals surface area contributed by atoms with Gasteiger partial charge in [-0.3, -0.25) is 14.8 Å². The van der Waals surface area contributed by atoms with Crippen molar-refractivity contribution < 1.29 is 4.92 Å². The zero-order chi connectivity index (χ0) is 12.4. The van der Waals surface area contributed by atoms with E-state index in [1.807, 2.05) is 6.92 Å². The average molecular weight is 254 g/mol. The Labute approximate surface area is 101 Å². The maximum atomic E-state index is 10.9. The molecular formula is C9H8ClN5O2. The van der Waals surface area contributed by atoms with Gasteiger partial charge in [0.15, 0.2) is 5.69 Å². The first kappa shape index (κ1) is 11.5. The van der Waals surface area contributed by atoms with Crippen molar-refractivity contribution in [2.24, 2.45) is 0 Å². The molecule has 0 fully saturated rings. The van der Waals surface area contributed by atoms with Crippen molar-refractivity contribution >= 4 is 17.3 Å². The topological polar surface area (TPSA) is 86.7 Å². The maximum absolute atomic E-state index is 10.9. The number of aromatic nitrogens is 4. The molecule has 17 heavy (non-hydrogen) atoms. The molecule has 2 aromatic heterocycles. The monoisotopic (exact) mass is 253 g/mol. The summed E-state index contributed by atoms with van der Waals surface area (Å²) in [7, 11) is 0. The lowest BCUT2D eigenvalue weighted by atomic mass is 10.2. The summed E-state index contributed by atoms with van der Waals surface area (Å²) >= 11 is 5.71. The van der Waals surface area contributed by atoms with E-state index < -0.39 is 4.92 Å². The molecule has 0 unspecified atom stereocenters. The van der Waals surface area contributed by atoms with Gasteiger partial charge in [-0.25, -0.2) is 9.97 Å². The highest BCUT2D eigenvalue weighted by molar-refractivity contribution is 6.31. The zero-order valence-electron chi connectivity index (χ0n) is 8.87. The van der Waals surface area contributed by atoms with Gasteiger partial charge in [-0.05, 0) is 13.0 Å². The van der Waals surface area contributed by atoms with Crippen LogP contribution in [0.25, 0.3) is 11.4 Å². The molecule has 0 aliphatic heterocycles. The fourth-order valence-electron chi connectivity index (χ4n) is 1.49. The Hall–Kier alpha value is -2.02. The Morgan fingerprint density at radius 1 is 1.53 bits per heavy atom. The first-order valence-corrected chi connectivity index (χ1v) is 5.20. The van der Waals surface area contributed by atoms with Crippen LogP contribution in [0.5, 0.6) is 0 Å². The molecule has 0 radical (unpaired) electrons. The highest BCUT2D eigenvalue weighted by Gasteiger charge is 2.24. The van der Waals surface area contributed by atoms with Crippen LogP contribution in [0.4, 0.5) is 5.69 Å². The van der Waals surface area contributed by atoms with E-state index in [0.717, 1.165) is 0 Å². The fraction of sp³-hybridized carbons (Fsp3) is 0.222. The minimum Gasteiger partial charge on any atom is -0.263 e. The number of hydrogen-bond acceptors (Lipinski definition) is 5. The van der Waals surface area contributed by atoms with Crippen molar-refractivity contribution in [3.63, 3.8) is 0 Å². The Kier molecular flexibility index (Phi) is 3.01. The molecule has 88 valence electrons. The number of hydrogen-bond donors (Lipinski definition) is 0. The predicted molar refractivity (Wildman–Crippen MR) is 60.6 cm³/mol. The molecule has 0 N–H and O–H groups in total. The third-order valence-corrected chi connectivity index (χ3v) is 2.50. The quantitative estimate of drug-likeness (QED) is 0.474. The molecule has 0 saturated carbocycles. The van der Waals surface area contributed by atoms with E-state index in [0.29, 0.717) is 12.2 Å². The smallest absolute Gasteiger partial charge is 0.263 e. The Balaban J connectivity index is 2.67. The van der Waals surface area contributed by atoms with Crippen LogP contribution in [0, 0.1) is 10.1 Å². The molecule has 0 amide bonds. The van der Waals surface area contributed by atoms with Crippen LogP contribution in [0.15, 0.2) is 18.6 Å². The van der Waals surface area contributed by atoms with E-state index in [4.69, 9.17) is 11.6 Å². The average Bonchev–Trinajstić information content (AvgIpc) is 2.75. The van der Waals surface area contributed by atoms with E-state index in [2.05, 4.69) is 15.1 Å². The summed E-state index contributed by atoms with van der Waals surface area (Å²) in [5.74, 6) is 0. The summed E-state index contributed by atoms with van der Waals surface area (Å²) in [6.45, 7) is 2.46. The largest absolute Gasteiger partial charge is 0.334 e. The van der Waals surface area contributed by atoms with Crippen LogP contribution < -0.4 is 0 Å². The molecule has 0 aliphatic rings. The van der Waals surface area contributed by atoms with Crippen LogP contribution in [0.3, 0.4) is 0 Å². The van der Waals surface area contributed by atoms with Gasteiger partial charge in [0.2, 0.25) is 5.15 Å². The van der Waals surface area contributed by atoms with E-state index in [-0.39, 0.29) is 16.5 Å². The lowest BCUT2D eigenvalue weighted by molar-refractivity contribution is -0.384. The Morgan fingerprint density at radius 2 is 2.29 bits per heavy atom. The van der Waals surface area contributed by atoms with Gasteiger partial charge in [0, 0.05) is 12.7 Å². The first-order valence-electron chi connectivity index (χ1n) is 4.82. The summed E-state index contributed by atoms with van der Waals surface area (Å²) < 4.78 is 1.60. The molecule has 7 nitrogen and oxygen atoms in total. The third kappa shape index (κ3) is 1.96. The normalized spacial score (nSPS) is 10.5. The second-order valence-corrected chi connectivity index (χ2v) is 3.51. The van der Waals surface area contributed by atoms with Crippen LogP contribution in [0.2, 0.25) is 5.15 Å². The second kappa shape index (κ2) is 4.46. The number of halogens is 1. The standard InChI is InChI=1S/C9H8ClN5O2/c1-2-14-6(3-4-13-14)7-8(15(16)17)9(10)12-5-11-7/h3-5H,2H2,1H3. The molecule has 0 aromatic carbocycles. The zero-order valence-corrected chi connectivity index (χ0v) is 9.63. The van der Waals surface area contributed by atoms with Crippen molar-refractivity contribution in [3.8, 4) is 11.4 Å². The molecule has 2 heterocycles. The summed E-state index contributed by atoms with van der Waals surface area (Å²) in [5.41, 5.74) is 0.419. The number of nitrogens with zero attached hydrogens (tertiary/aromatic N) is 5. The maximum Gasteiger partial charge on any atom is 0.334 e. The van der Waals surface area contributed by atoms with Gasteiger partial charge in [-0.2, -0.15) is 5.10 Å². The highest BCUT2D eigenvalue weighted by atomic mass is 35.5. The van der Waals surface area contributed by atoms with Gasteiger partial charge in [0.25, 0.3) is 0 Å². The summed E-state index contributed by atoms with van der Waals surface area (Å²) in [5, 5.41) is 14.8. The van der Waals surface area contributed by atoms with Gasteiger partial charge < -0.3 is 0 Å². The van der Waals surface area contributed by atoms with E-state index in [1.165, 1.54) is 6.33 Å². The van der Waals surface area contributed by atoms with Crippen LogP contribution in [-0.4, -0.2) is 24.7 Å². The van der Waals surface area contributed by atoms with Crippen LogP contribution >= 0.6 is 11.6 Å². The van der Waals surface area contributed by atoms with Gasteiger partial charge in [-0.1, -0.05) is 11.6 Å². The lowest BCUT2D eigenvalue weighted by Crippen LogP contribution is -2.03. The van der Waals surface area contributed by atoms with Crippen molar-refractivity contribution in [1.29, 1.82) is 0 Å². The van der Waals surface area contributed by atoms with Crippen molar-refractivity contribution in [3.05, 3.63) is 33.9 Å². The molecule has 0 atom stereocenters. The number of rotatable bonds is 3. The summed E-state index contributed by atoms with van der Waals surface area (Å²) in [6, 6.07) is 1.65. The van der Waals surface area contributed by atoms with Crippen molar-refractivity contribution in [1.82, 2.24) is 19.7 Å².